The highest BCUT2D eigenvalue weighted by Gasteiger charge is 2.19. The summed E-state index contributed by atoms with van der Waals surface area (Å²) in [5, 5.41) is 2.90. The molecule has 144 valence electrons. The van der Waals surface area contributed by atoms with Crippen LogP contribution in [0.4, 0.5) is 5.69 Å². The minimum absolute atomic E-state index is 0.0156. The molecule has 0 aliphatic carbocycles. The minimum atomic E-state index is -0.169. The van der Waals surface area contributed by atoms with Crippen LogP contribution in [0.2, 0.25) is 0 Å². The Morgan fingerprint density at radius 2 is 1.74 bits per heavy atom. The van der Waals surface area contributed by atoms with Gasteiger partial charge >= 0.3 is 0 Å². The molecule has 2 rings (SSSR count). The van der Waals surface area contributed by atoms with E-state index in [2.05, 4.69) is 19.2 Å². The van der Waals surface area contributed by atoms with Crippen LogP contribution in [0, 0.1) is 0 Å². The molecule has 0 spiro atoms. The van der Waals surface area contributed by atoms with Crippen molar-refractivity contribution in [2.75, 3.05) is 25.1 Å². The average Bonchev–Trinajstić information content (AvgIpc) is 2.66. The van der Waals surface area contributed by atoms with Crippen molar-refractivity contribution in [1.29, 1.82) is 0 Å². The summed E-state index contributed by atoms with van der Waals surface area (Å²) in [6.45, 7) is 6.17. The van der Waals surface area contributed by atoms with Crippen LogP contribution in [0.1, 0.15) is 37.8 Å². The molecule has 27 heavy (non-hydrogen) atoms. The summed E-state index contributed by atoms with van der Waals surface area (Å²) < 4.78 is 5.14. The number of ether oxygens (including phenoxy) is 1. The molecule has 0 fully saturated rings. The van der Waals surface area contributed by atoms with Gasteiger partial charge in [0.2, 0.25) is 11.8 Å². The van der Waals surface area contributed by atoms with E-state index in [1.54, 1.807) is 7.11 Å². The highest BCUT2D eigenvalue weighted by molar-refractivity contribution is 5.98. The molecule has 0 saturated carbocycles. The fourth-order valence-corrected chi connectivity index (χ4v) is 2.93. The van der Waals surface area contributed by atoms with E-state index in [1.165, 1.54) is 11.8 Å². The van der Waals surface area contributed by atoms with Crippen molar-refractivity contribution in [3.8, 4) is 5.75 Å². The monoisotopic (exact) mass is 368 g/mol. The number of hydrogen-bond acceptors (Lipinski definition) is 3. The van der Waals surface area contributed by atoms with Gasteiger partial charge in [-0.15, -0.1) is 0 Å². The van der Waals surface area contributed by atoms with E-state index in [-0.39, 0.29) is 24.3 Å². The SMILES string of the molecule is COc1ccc(CCNC(=O)CN(C(C)=O)c2ccccc2C(C)C)cc1. The highest BCUT2D eigenvalue weighted by Crippen LogP contribution is 2.27. The molecule has 5 nitrogen and oxygen atoms in total. The Balaban J connectivity index is 1.96. The van der Waals surface area contributed by atoms with E-state index in [4.69, 9.17) is 4.74 Å². The second-order valence-corrected chi connectivity index (χ2v) is 6.77. The number of rotatable bonds is 8. The van der Waals surface area contributed by atoms with E-state index in [1.807, 2.05) is 48.5 Å². The van der Waals surface area contributed by atoms with Gasteiger partial charge in [0.25, 0.3) is 0 Å². The molecule has 0 aliphatic heterocycles. The van der Waals surface area contributed by atoms with Crippen molar-refractivity contribution in [1.82, 2.24) is 5.32 Å². The van der Waals surface area contributed by atoms with Gasteiger partial charge in [-0.3, -0.25) is 9.59 Å². The van der Waals surface area contributed by atoms with Crippen LogP contribution in [0.5, 0.6) is 5.75 Å². The first-order valence-electron chi connectivity index (χ1n) is 9.19. The molecule has 0 unspecified atom stereocenters. The first kappa shape index (κ1) is 20.5. The largest absolute Gasteiger partial charge is 0.497 e. The lowest BCUT2D eigenvalue weighted by molar-refractivity contribution is -0.123. The van der Waals surface area contributed by atoms with E-state index in [0.717, 1.165) is 29.0 Å². The predicted molar refractivity (Wildman–Crippen MR) is 108 cm³/mol. The number of carbonyl (C=O) groups is 2. The Labute approximate surface area is 161 Å². The number of benzene rings is 2. The van der Waals surface area contributed by atoms with Crippen LogP contribution < -0.4 is 15.0 Å². The summed E-state index contributed by atoms with van der Waals surface area (Å²) in [4.78, 5) is 26.1. The molecule has 5 heteroatoms. The van der Waals surface area contributed by atoms with Crippen molar-refractivity contribution in [2.45, 2.75) is 33.1 Å². The Morgan fingerprint density at radius 1 is 1.07 bits per heavy atom. The third kappa shape index (κ3) is 5.84. The molecule has 0 heterocycles. The summed E-state index contributed by atoms with van der Waals surface area (Å²) in [6.07, 6.45) is 0.721. The fourth-order valence-electron chi connectivity index (χ4n) is 2.93. The topological polar surface area (TPSA) is 58.6 Å². The zero-order valence-corrected chi connectivity index (χ0v) is 16.5. The maximum atomic E-state index is 12.4. The number of anilines is 1. The third-order valence-corrected chi connectivity index (χ3v) is 4.43. The smallest absolute Gasteiger partial charge is 0.240 e. The van der Waals surface area contributed by atoms with Gasteiger partial charge in [0.05, 0.1) is 7.11 Å². The summed E-state index contributed by atoms with van der Waals surface area (Å²) in [6, 6.07) is 15.5. The van der Waals surface area contributed by atoms with Crippen molar-refractivity contribution in [3.05, 3.63) is 59.7 Å². The van der Waals surface area contributed by atoms with Crippen LogP contribution in [0.25, 0.3) is 0 Å². The van der Waals surface area contributed by atoms with Gasteiger partial charge < -0.3 is 15.0 Å². The molecule has 0 saturated heterocycles. The molecule has 0 aliphatic rings. The number of hydrogen-bond donors (Lipinski definition) is 1. The second kappa shape index (κ2) is 9.76. The molecule has 2 aromatic carbocycles. The molecular weight excluding hydrogens is 340 g/mol. The molecular formula is C22H28N2O3. The molecule has 2 amide bonds. The maximum Gasteiger partial charge on any atom is 0.240 e. The van der Waals surface area contributed by atoms with Gasteiger partial charge in [-0.25, -0.2) is 0 Å². The lowest BCUT2D eigenvalue weighted by Crippen LogP contribution is -2.40. The number of nitrogens with zero attached hydrogens (tertiary/aromatic N) is 1. The zero-order valence-electron chi connectivity index (χ0n) is 16.5. The van der Waals surface area contributed by atoms with Crippen molar-refractivity contribution in [2.24, 2.45) is 0 Å². The number of carbonyl (C=O) groups excluding carboxylic acids is 2. The molecule has 0 bridgehead atoms. The Kier molecular flexibility index (Phi) is 7.41. The van der Waals surface area contributed by atoms with Crippen LogP contribution in [0.15, 0.2) is 48.5 Å². The van der Waals surface area contributed by atoms with Gasteiger partial charge in [-0.2, -0.15) is 0 Å². The lowest BCUT2D eigenvalue weighted by atomic mass is 10.0. The normalized spacial score (nSPS) is 10.6. The van der Waals surface area contributed by atoms with Gasteiger partial charge in [0.1, 0.15) is 12.3 Å². The van der Waals surface area contributed by atoms with Crippen LogP contribution in [-0.4, -0.2) is 32.0 Å². The number of methoxy groups -OCH3 is 1. The third-order valence-electron chi connectivity index (χ3n) is 4.43. The van der Waals surface area contributed by atoms with Crippen LogP contribution in [0.3, 0.4) is 0 Å². The van der Waals surface area contributed by atoms with E-state index in [0.29, 0.717) is 6.54 Å². The van der Waals surface area contributed by atoms with Crippen LogP contribution in [-0.2, 0) is 16.0 Å². The Morgan fingerprint density at radius 3 is 2.33 bits per heavy atom. The van der Waals surface area contributed by atoms with Crippen molar-refractivity contribution < 1.29 is 14.3 Å². The molecule has 0 radical (unpaired) electrons. The Bertz CT molecular complexity index is 769. The van der Waals surface area contributed by atoms with Gasteiger partial charge in [0, 0.05) is 19.2 Å². The highest BCUT2D eigenvalue weighted by atomic mass is 16.5. The van der Waals surface area contributed by atoms with Crippen LogP contribution >= 0.6 is 0 Å². The van der Waals surface area contributed by atoms with E-state index < -0.39 is 0 Å². The first-order valence-corrected chi connectivity index (χ1v) is 9.19. The fraction of sp³-hybridized carbons (Fsp3) is 0.364. The average molecular weight is 368 g/mol. The van der Waals surface area contributed by atoms with E-state index in [9.17, 15) is 9.59 Å². The number of nitrogens with one attached hydrogen (secondary N) is 1. The first-order chi connectivity index (χ1) is 12.9. The maximum absolute atomic E-state index is 12.4. The quantitative estimate of drug-likeness (QED) is 0.775. The number of para-hydroxylation sites is 1. The summed E-state index contributed by atoms with van der Waals surface area (Å²) in [7, 11) is 1.63. The summed E-state index contributed by atoms with van der Waals surface area (Å²) >= 11 is 0. The molecule has 0 atom stereocenters. The molecule has 1 N–H and O–H groups in total. The van der Waals surface area contributed by atoms with Gasteiger partial charge in [-0.05, 0) is 41.7 Å². The van der Waals surface area contributed by atoms with Gasteiger partial charge in [-0.1, -0.05) is 44.2 Å². The summed E-state index contributed by atoms with van der Waals surface area (Å²) in [5.74, 6) is 0.760. The van der Waals surface area contributed by atoms with E-state index >= 15 is 0 Å². The zero-order chi connectivity index (χ0) is 19.8. The molecule has 2 aromatic rings. The van der Waals surface area contributed by atoms with Crippen molar-refractivity contribution in [3.63, 3.8) is 0 Å². The summed E-state index contributed by atoms with van der Waals surface area (Å²) in [5.41, 5.74) is 2.97. The lowest BCUT2D eigenvalue weighted by Gasteiger charge is -2.25. The number of amides is 2. The molecule has 0 aromatic heterocycles. The second-order valence-electron chi connectivity index (χ2n) is 6.77. The van der Waals surface area contributed by atoms with Crippen molar-refractivity contribution >= 4 is 17.5 Å². The van der Waals surface area contributed by atoms with Gasteiger partial charge in [0.15, 0.2) is 0 Å². The minimum Gasteiger partial charge on any atom is -0.497 e. The predicted octanol–water partition coefficient (Wildman–Crippen LogP) is 3.53. The standard InChI is InChI=1S/C22H28N2O3/c1-16(2)20-7-5-6-8-21(20)24(17(3)25)15-22(26)23-14-13-18-9-11-19(27-4)12-10-18/h5-12,16H,13-15H2,1-4H3,(H,23,26). The Hall–Kier alpha value is -2.82.